The Labute approximate surface area is 119 Å². The molecule has 110 valence electrons. The van der Waals surface area contributed by atoms with Crippen LogP contribution >= 0.6 is 0 Å². The summed E-state index contributed by atoms with van der Waals surface area (Å²) in [7, 11) is 0. The van der Waals surface area contributed by atoms with Crippen LogP contribution in [0.4, 0.5) is 0 Å². The van der Waals surface area contributed by atoms with Crippen molar-refractivity contribution in [3.63, 3.8) is 0 Å². The number of carboxylic acids is 1. The van der Waals surface area contributed by atoms with Crippen LogP contribution in [0.3, 0.4) is 0 Å². The molecule has 0 aromatic heterocycles. The molecule has 5 N–H and O–H groups in total. The molecule has 0 bridgehead atoms. The van der Waals surface area contributed by atoms with E-state index in [1.54, 1.807) is 0 Å². The molecular weight excluding hydrogens is 280 g/mol. The van der Waals surface area contributed by atoms with Gasteiger partial charge in [-0.15, -0.1) is 0 Å². The zero-order valence-corrected chi connectivity index (χ0v) is 10.6. The fraction of sp³-hybridized carbons (Fsp3) is 0. The SMILES string of the molecule is O=C(O)c1ccc(O)c(O)c1.O=Cc1ccc(O)c(O)c1. The highest BCUT2D eigenvalue weighted by Gasteiger charge is 2.05. The van der Waals surface area contributed by atoms with E-state index in [-0.39, 0.29) is 22.8 Å². The van der Waals surface area contributed by atoms with Crippen molar-refractivity contribution in [2.45, 2.75) is 0 Å². The number of carbonyl (C=O) groups is 2. The van der Waals surface area contributed by atoms with Crippen LogP contribution in [-0.2, 0) is 0 Å². The lowest BCUT2D eigenvalue weighted by Crippen LogP contribution is -1.94. The van der Waals surface area contributed by atoms with E-state index in [4.69, 9.17) is 25.5 Å². The van der Waals surface area contributed by atoms with E-state index in [0.717, 1.165) is 12.1 Å². The molecule has 0 heterocycles. The number of hydrogen-bond acceptors (Lipinski definition) is 6. The second-order valence-corrected chi connectivity index (χ2v) is 3.87. The lowest BCUT2D eigenvalue weighted by atomic mass is 10.2. The number of phenolic OH excluding ortho intramolecular Hbond substituents is 4. The Morgan fingerprint density at radius 3 is 1.76 bits per heavy atom. The summed E-state index contributed by atoms with van der Waals surface area (Å²) in [6, 6.07) is 7.19. The molecule has 21 heavy (non-hydrogen) atoms. The first-order valence-electron chi connectivity index (χ1n) is 5.57. The summed E-state index contributed by atoms with van der Waals surface area (Å²) in [5.74, 6) is -2.38. The Bertz CT molecular complexity index is 664. The fourth-order valence-corrected chi connectivity index (χ4v) is 1.27. The van der Waals surface area contributed by atoms with Crippen LogP contribution in [0.2, 0.25) is 0 Å². The summed E-state index contributed by atoms with van der Waals surface area (Å²) >= 11 is 0. The molecule has 7 nitrogen and oxygen atoms in total. The van der Waals surface area contributed by atoms with Gasteiger partial charge in [0.1, 0.15) is 6.29 Å². The van der Waals surface area contributed by atoms with Crippen molar-refractivity contribution in [2.75, 3.05) is 0 Å². The van der Waals surface area contributed by atoms with Crippen LogP contribution < -0.4 is 0 Å². The molecule has 0 aliphatic heterocycles. The van der Waals surface area contributed by atoms with Crippen molar-refractivity contribution in [1.29, 1.82) is 0 Å². The first-order chi connectivity index (χ1) is 9.85. The van der Waals surface area contributed by atoms with Gasteiger partial charge in [0.2, 0.25) is 0 Å². The number of aromatic carboxylic acids is 1. The van der Waals surface area contributed by atoms with E-state index in [1.807, 2.05) is 0 Å². The van der Waals surface area contributed by atoms with Gasteiger partial charge in [0.05, 0.1) is 5.56 Å². The smallest absolute Gasteiger partial charge is 0.335 e. The summed E-state index contributed by atoms with van der Waals surface area (Å²) in [6.45, 7) is 0. The Kier molecular flexibility index (Phi) is 5.13. The van der Waals surface area contributed by atoms with E-state index >= 15 is 0 Å². The van der Waals surface area contributed by atoms with Gasteiger partial charge in [0.25, 0.3) is 0 Å². The minimum Gasteiger partial charge on any atom is -0.504 e. The molecule has 2 aromatic rings. The summed E-state index contributed by atoms with van der Waals surface area (Å²) < 4.78 is 0. The number of benzene rings is 2. The van der Waals surface area contributed by atoms with Crippen molar-refractivity contribution in [3.05, 3.63) is 47.5 Å². The number of hydrogen-bond donors (Lipinski definition) is 5. The van der Waals surface area contributed by atoms with Gasteiger partial charge < -0.3 is 25.5 Å². The molecule has 0 atom stereocenters. The predicted octanol–water partition coefficient (Wildman–Crippen LogP) is 1.71. The molecule has 0 fully saturated rings. The Morgan fingerprint density at radius 1 is 0.810 bits per heavy atom. The normalized spacial score (nSPS) is 9.33. The van der Waals surface area contributed by atoms with E-state index < -0.39 is 11.7 Å². The van der Waals surface area contributed by atoms with E-state index in [0.29, 0.717) is 11.8 Å². The van der Waals surface area contributed by atoms with Crippen molar-refractivity contribution < 1.29 is 35.1 Å². The quantitative estimate of drug-likeness (QED) is 0.420. The Morgan fingerprint density at radius 2 is 1.33 bits per heavy atom. The monoisotopic (exact) mass is 292 g/mol. The minimum absolute atomic E-state index is 0.0553. The van der Waals surface area contributed by atoms with Gasteiger partial charge in [-0.05, 0) is 36.4 Å². The average molecular weight is 292 g/mol. The van der Waals surface area contributed by atoms with Crippen molar-refractivity contribution in [2.24, 2.45) is 0 Å². The number of rotatable bonds is 2. The van der Waals surface area contributed by atoms with Gasteiger partial charge >= 0.3 is 5.97 Å². The topological polar surface area (TPSA) is 135 Å². The summed E-state index contributed by atoms with van der Waals surface area (Å²) in [6.07, 6.45) is 0.596. The van der Waals surface area contributed by atoms with Gasteiger partial charge in [-0.3, -0.25) is 4.79 Å². The molecule has 0 saturated carbocycles. The van der Waals surface area contributed by atoms with Crippen LogP contribution in [0, 0.1) is 0 Å². The lowest BCUT2D eigenvalue weighted by molar-refractivity contribution is 0.0696. The second kappa shape index (κ2) is 6.80. The van der Waals surface area contributed by atoms with E-state index in [9.17, 15) is 9.59 Å². The summed E-state index contributed by atoms with van der Waals surface area (Å²) in [5, 5.41) is 43.6. The Balaban J connectivity index is 0.000000211. The summed E-state index contributed by atoms with van der Waals surface area (Å²) in [5.41, 5.74) is 0.288. The highest BCUT2D eigenvalue weighted by atomic mass is 16.4. The van der Waals surface area contributed by atoms with Crippen LogP contribution in [0.5, 0.6) is 23.0 Å². The molecule has 0 unspecified atom stereocenters. The molecule has 0 amide bonds. The predicted molar refractivity (Wildman–Crippen MR) is 71.9 cm³/mol. The maximum Gasteiger partial charge on any atom is 0.335 e. The molecule has 7 heteroatoms. The highest BCUT2D eigenvalue weighted by molar-refractivity contribution is 5.88. The number of carboxylic acid groups (broad SMARTS) is 1. The largest absolute Gasteiger partial charge is 0.504 e. The van der Waals surface area contributed by atoms with Crippen LogP contribution in [0.15, 0.2) is 36.4 Å². The first kappa shape index (κ1) is 15.8. The number of carbonyl (C=O) groups excluding carboxylic acids is 1. The summed E-state index contributed by atoms with van der Waals surface area (Å²) in [4.78, 5) is 20.3. The third kappa shape index (κ3) is 4.43. The first-order valence-corrected chi connectivity index (χ1v) is 5.57. The van der Waals surface area contributed by atoms with Gasteiger partial charge in [-0.1, -0.05) is 0 Å². The average Bonchev–Trinajstić information content (AvgIpc) is 2.45. The molecule has 0 aliphatic carbocycles. The zero-order valence-electron chi connectivity index (χ0n) is 10.6. The van der Waals surface area contributed by atoms with Gasteiger partial charge in [-0.2, -0.15) is 0 Å². The van der Waals surface area contributed by atoms with E-state index in [1.165, 1.54) is 24.3 Å². The standard InChI is InChI=1S/C7H6O4.C7H6O3/c8-5-2-1-4(7(10)11)3-6(5)9;8-4-5-1-2-6(9)7(10)3-5/h1-3,8-9H,(H,10,11);1-4,9-10H. The maximum absolute atomic E-state index is 10.3. The van der Waals surface area contributed by atoms with Crippen LogP contribution in [0.25, 0.3) is 0 Å². The van der Waals surface area contributed by atoms with Gasteiger partial charge in [-0.25, -0.2) is 4.79 Å². The van der Waals surface area contributed by atoms with Crippen molar-refractivity contribution >= 4 is 12.3 Å². The third-order valence-electron chi connectivity index (χ3n) is 2.36. The zero-order chi connectivity index (χ0) is 16.0. The number of aldehydes is 1. The van der Waals surface area contributed by atoms with E-state index in [2.05, 4.69) is 0 Å². The van der Waals surface area contributed by atoms with Crippen LogP contribution in [0.1, 0.15) is 20.7 Å². The maximum atomic E-state index is 10.3. The fourth-order valence-electron chi connectivity index (χ4n) is 1.27. The number of phenols is 4. The highest BCUT2D eigenvalue weighted by Crippen LogP contribution is 2.24. The molecule has 0 aliphatic rings. The molecule has 2 aromatic carbocycles. The van der Waals surface area contributed by atoms with Crippen molar-refractivity contribution in [1.82, 2.24) is 0 Å². The molecule has 2 rings (SSSR count). The van der Waals surface area contributed by atoms with Gasteiger partial charge in [0.15, 0.2) is 23.0 Å². The third-order valence-corrected chi connectivity index (χ3v) is 2.36. The van der Waals surface area contributed by atoms with Crippen molar-refractivity contribution in [3.8, 4) is 23.0 Å². The lowest BCUT2D eigenvalue weighted by Gasteiger charge is -1.97. The molecule has 0 radical (unpaired) electrons. The minimum atomic E-state index is -1.14. The Hall–Kier alpha value is -3.22. The molecule has 0 spiro atoms. The second-order valence-electron chi connectivity index (χ2n) is 3.87. The molecular formula is C14H12O7. The number of aromatic hydroxyl groups is 4. The van der Waals surface area contributed by atoms with Crippen LogP contribution in [-0.4, -0.2) is 37.8 Å². The van der Waals surface area contributed by atoms with Gasteiger partial charge in [0, 0.05) is 5.56 Å². The molecule has 0 saturated heterocycles.